The molecule has 0 N–H and O–H groups in total. The predicted molar refractivity (Wildman–Crippen MR) is 91.7 cm³/mol. The number of benzene rings is 1. The van der Waals surface area contributed by atoms with Crippen molar-refractivity contribution in [3.05, 3.63) is 29.6 Å². The van der Waals surface area contributed by atoms with Crippen LogP contribution >= 0.6 is 0 Å². The van der Waals surface area contributed by atoms with Gasteiger partial charge in [-0.15, -0.1) is 0 Å². The second kappa shape index (κ2) is 8.08. The lowest BCUT2D eigenvalue weighted by atomic mass is 10.1. The third kappa shape index (κ3) is 4.66. The van der Waals surface area contributed by atoms with Crippen LogP contribution < -0.4 is 4.90 Å². The first-order valence-electron chi connectivity index (χ1n) is 8.74. The van der Waals surface area contributed by atoms with Gasteiger partial charge in [0, 0.05) is 39.3 Å². The summed E-state index contributed by atoms with van der Waals surface area (Å²) in [5.41, 5.74) is 1.82. The zero-order valence-electron chi connectivity index (χ0n) is 14.1. The molecule has 0 unspecified atom stereocenters. The SMILES string of the molecule is CN1CCN(CCCc2ccc(N3CCOCC3)c(F)c2)CC1. The van der Waals surface area contributed by atoms with Crippen LogP contribution in [0.1, 0.15) is 12.0 Å². The molecule has 1 aromatic rings. The van der Waals surface area contributed by atoms with Gasteiger partial charge in [-0.3, -0.25) is 0 Å². The minimum atomic E-state index is -0.0935. The minimum absolute atomic E-state index is 0.0935. The molecule has 2 heterocycles. The smallest absolute Gasteiger partial charge is 0.146 e. The Kier molecular flexibility index (Phi) is 5.86. The fraction of sp³-hybridized carbons (Fsp3) is 0.667. The van der Waals surface area contributed by atoms with E-state index in [-0.39, 0.29) is 5.82 Å². The van der Waals surface area contributed by atoms with Gasteiger partial charge >= 0.3 is 0 Å². The molecule has 0 saturated carbocycles. The highest BCUT2D eigenvalue weighted by molar-refractivity contribution is 5.49. The third-order valence-electron chi connectivity index (χ3n) is 4.90. The monoisotopic (exact) mass is 321 g/mol. The van der Waals surface area contributed by atoms with Gasteiger partial charge in [0.05, 0.1) is 18.9 Å². The molecule has 0 aromatic heterocycles. The molecule has 0 aliphatic carbocycles. The molecule has 4 nitrogen and oxygen atoms in total. The summed E-state index contributed by atoms with van der Waals surface area (Å²) in [6.07, 6.45) is 2.05. The molecule has 0 amide bonds. The van der Waals surface area contributed by atoms with Crippen molar-refractivity contribution in [1.82, 2.24) is 9.80 Å². The summed E-state index contributed by atoms with van der Waals surface area (Å²) < 4.78 is 19.7. The first-order valence-corrected chi connectivity index (χ1v) is 8.74. The van der Waals surface area contributed by atoms with Crippen LogP contribution in [0.3, 0.4) is 0 Å². The van der Waals surface area contributed by atoms with E-state index >= 15 is 0 Å². The Labute approximate surface area is 138 Å². The minimum Gasteiger partial charge on any atom is -0.378 e. The number of hydrogen-bond acceptors (Lipinski definition) is 4. The quantitative estimate of drug-likeness (QED) is 0.824. The number of hydrogen-bond donors (Lipinski definition) is 0. The maximum Gasteiger partial charge on any atom is 0.146 e. The Balaban J connectivity index is 1.48. The molecule has 2 aliphatic heterocycles. The lowest BCUT2D eigenvalue weighted by Crippen LogP contribution is -2.44. The zero-order chi connectivity index (χ0) is 16.1. The van der Waals surface area contributed by atoms with E-state index in [1.807, 2.05) is 6.07 Å². The maximum absolute atomic E-state index is 14.4. The fourth-order valence-corrected chi connectivity index (χ4v) is 3.34. The van der Waals surface area contributed by atoms with Crippen LogP contribution in [0.5, 0.6) is 0 Å². The molecule has 23 heavy (non-hydrogen) atoms. The summed E-state index contributed by atoms with van der Waals surface area (Å²) in [5.74, 6) is -0.0935. The van der Waals surface area contributed by atoms with Gasteiger partial charge in [-0.05, 0) is 44.1 Å². The molecule has 2 aliphatic rings. The number of anilines is 1. The number of aryl methyl sites for hydroxylation is 1. The first-order chi connectivity index (χ1) is 11.2. The summed E-state index contributed by atoms with van der Waals surface area (Å²) in [5, 5.41) is 0. The molecular formula is C18H28FN3O. The van der Waals surface area contributed by atoms with Crippen LogP contribution in [-0.2, 0) is 11.2 Å². The predicted octanol–water partition coefficient (Wildman–Crippen LogP) is 1.84. The van der Waals surface area contributed by atoms with Crippen molar-refractivity contribution in [3.8, 4) is 0 Å². The summed E-state index contributed by atoms with van der Waals surface area (Å²) >= 11 is 0. The van der Waals surface area contributed by atoms with Crippen molar-refractivity contribution in [3.63, 3.8) is 0 Å². The van der Waals surface area contributed by atoms with Crippen molar-refractivity contribution < 1.29 is 9.13 Å². The standard InChI is InChI=1S/C18H28FN3O/c1-20-7-9-21(10-8-20)6-2-3-16-4-5-18(17(19)15-16)22-11-13-23-14-12-22/h4-5,15H,2-3,6-14H2,1H3. The molecule has 5 heteroatoms. The molecule has 128 valence electrons. The van der Waals surface area contributed by atoms with Crippen molar-refractivity contribution in [1.29, 1.82) is 0 Å². The zero-order valence-corrected chi connectivity index (χ0v) is 14.1. The first kappa shape index (κ1) is 16.7. The largest absolute Gasteiger partial charge is 0.378 e. The summed E-state index contributed by atoms with van der Waals surface area (Å²) in [4.78, 5) is 6.96. The van der Waals surface area contributed by atoms with Crippen LogP contribution in [0.4, 0.5) is 10.1 Å². The number of ether oxygens (including phenoxy) is 1. The number of piperazine rings is 1. The van der Waals surface area contributed by atoms with E-state index in [0.29, 0.717) is 13.2 Å². The van der Waals surface area contributed by atoms with Crippen molar-refractivity contribution in [2.45, 2.75) is 12.8 Å². The summed E-state index contributed by atoms with van der Waals surface area (Å²) in [7, 11) is 2.18. The highest BCUT2D eigenvalue weighted by Crippen LogP contribution is 2.22. The average molecular weight is 321 g/mol. The topological polar surface area (TPSA) is 19.0 Å². The van der Waals surface area contributed by atoms with Gasteiger partial charge in [-0.25, -0.2) is 4.39 Å². The van der Waals surface area contributed by atoms with Gasteiger partial charge in [0.15, 0.2) is 0 Å². The van der Waals surface area contributed by atoms with E-state index in [0.717, 1.165) is 69.9 Å². The molecule has 0 atom stereocenters. The number of morpholine rings is 1. The van der Waals surface area contributed by atoms with Gasteiger partial charge in [-0.1, -0.05) is 6.07 Å². The van der Waals surface area contributed by atoms with Crippen molar-refractivity contribution >= 4 is 5.69 Å². The highest BCUT2D eigenvalue weighted by atomic mass is 19.1. The maximum atomic E-state index is 14.4. The molecule has 2 saturated heterocycles. The Morgan fingerprint density at radius 1 is 1.04 bits per heavy atom. The normalized spacial score (nSPS) is 20.9. The second-order valence-electron chi connectivity index (χ2n) is 6.63. The molecule has 0 radical (unpaired) electrons. The van der Waals surface area contributed by atoms with E-state index in [1.165, 1.54) is 0 Å². The number of halogens is 1. The van der Waals surface area contributed by atoms with Gasteiger partial charge in [-0.2, -0.15) is 0 Å². The molecule has 0 bridgehead atoms. The molecule has 0 spiro atoms. The Morgan fingerprint density at radius 3 is 2.48 bits per heavy atom. The van der Waals surface area contributed by atoms with Crippen molar-refractivity contribution in [2.75, 3.05) is 71.0 Å². The molecule has 1 aromatic carbocycles. The van der Waals surface area contributed by atoms with E-state index in [2.05, 4.69) is 27.8 Å². The van der Waals surface area contributed by atoms with Crippen LogP contribution in [0.25, 0.3) is 0 Å². The van der Waals surface area contributed by atoms with Gasteiger partial charge < -0.3 is 19.4 Å². The summed E-state index contributed by atoms with van der Waals surface area (Å²) in [6.45, 7) is 8.66. The van der Waals surface area contributed by atoms with Crippen molar-refractivity contribution in [2.24, 2.45) is 0 Å². The van der Waals surface area contributed by atoms with Crippen LogP contribution in [0.2, 0.25) is 0 Å². The number of likely N-dealkylation sites (N-methyl/N-ethyl adjacent to an activating group) is 1. The van der Waals surface area contributed by atoms with Crippen LogP contribution in [-0.4, -0.2) is 75.9 Å². The third-order valence-corrected chi connectivity index (χ3v) is 4.90. The highest BCUT2D eigenvalue weighted by Gasteiger charge is 2.16. The van der Waals surface area contributed by atoms with Crippen LogP contribution in [0, 0.1) is 5.82 Å². The van der Waals surface area contributed by atoms with E-state index in [9.17, 15) is 4.39 Å². The lowest BCUT2D eigenvalue weighted by molar-refractivity contribution is 0.122. The number of nitrogens with zero attached hydrogens (tertiary/aromatic N) is 3. The van der Waals surface area contributed by atoms with Gasteiger partial charge in [0.1, 0.15) is 5.82 Å². The lowest BCUT2D eigenvalue weighted by Gasteiger charge is -2.32. The Bertz CT molecular complexity index is 497. The molecular weight excluding hydrogens is 293 g/mol. The van der Waals surface area contributed by atoms with E-state index in [1.54, 1.807) is 6.07 Å². The average Bonchev–Trinajstić information content (AvgIpc) is 2.58. The Hall–Kier alpha value is -1.17. The van der Waals surface area contributed by atoms with E-state index in [4.69, 9.17) is 4.74 Å². The van der Waals surface area contributed by atoms with E-state index < -0.39 is 0 Å². The number of rotatable bonds is 5. The van der Waals surface area contributed by atoms with Gasteiger partial charge in [0.2, 0.25) is 0 Å². The molecule has 2 fully saturated rings. The van der Waals surface area contributed by atoms with Crippen LogP contribution in [0.15, 0.2) is 18.2 Å². The molecule has 3 rings (SSSR count). The Morgan fingerprint density at radius 2 is 1.78 bits per heavy atom. The van der Waals surface area contributed by atoms with Gasteiger partial charge in [0.25, 0.3) is 0 Å². The fourth-order valence-electron chi connectivity index (χ4n) is 3.34. The summed E-state index contributed by atoms with van der Waals surface area (Å²) in [6, 6.07) is 5.73. The second-order valence-corrected chi connectivity index (χ2v) is 6.63.